The molecule has 0 aromatic rings. The number of rotatable bonds is 1. The van der Waals surface area contributed by atoms with Crippen molar-refractivity contribution >= 4 is 0 Å². The Bertz CT molecular complexity index is 134. The lowest BCUT2D eigenvalue weighted by molar-refractivity contribution is -0.0808. The van der Waals surface area contributed by atoms with Gasteiger partial charge in [-0.2, -0.15) is 0 Å². The van der Waals surface area contributed by atoms with E-state index in [0.29, 0.717) is 0 Å². The van der Waals surface area contributed by atoms with Crippen LogP contribution in [-0.2, 0) is 4.74 Å². The van der Waals surface area contributed by atoms with E-state index < -0.39 is 18.3 Å². The molecule has 3 atom stereocenters. The van der Waals surface area contributed by atoms with Gasteiger partial charge in [-0.05, 0) is 6.08 Å². The molecule has 0 fully saturated rings. The maximum absolute atomic E-state index is 9.05. The minimum absolute atomic E-state index is 0.289. The van der Waals surface area contributed by atoms with Crippen LogP contribution in [0.25, 0.3) is 0 Å². The van der Waals surface area contributed by atoms with Crippen LogP contribution in [0.2, 0.25) is 0 Å². The molecule has 0 spiro atoms. The van der Waals surface area contributed by atoms with E-state index in [0.717, 1.165) is 0 Å². The van der Waals surface area contributed by atoms with Gasteiger partial charge < -0.3 is 20.1 Å². The number of aliphatic hydroxyl groups excluding tert-OH is 3. The molecular weight excluding hydrogens is 136 g/mol. The summed E-state index contributed by atoms with van der Waals surface area (Å²) in [6.07, 6.45) is -0.0318. The van der Waals surface area contributed by atoms with E-state index >= 15 is 0 Å². The molecule has 1 rings (SSSR count). The first-order chi connectivity index (χ1) is 4.75. The van der Waals surface area contributed by atoms with Crippen LogP contribution >= 0.6 is 0 Å². The Morgan fingerprint density at radius 1 is 1.40 bits per heavy atom. The molecular formula is C6H10O4. The number of hydrogen-bond acceptors (Lipinski definition) is 4. The smallest absolute Gasteiger partial charge is 0.149 e. The average Bonchev–Trinajstić information content (AvgIpc) is 1.95. The van der Waals surface area contributed by atoms with E-state index in [1.165, 1.54) is 12.3 Å². The Balaban J connectivity index is 2.56. The zero-order valence-corrected chi connectivity index (χ0v) is 5.34. The van der Waals surface area contributed by atoms with Crippen molar-refractivity contribution in [2.24, 2.45) is 0 Å². The van der Waals surface area contributed by atoms with Crippen LogP contribution in [0, 0.1) is 0 Å². The lowest BCUT2D eigenvalue weighted by Crippen LogP contribution is -2.42. The second kappa shape index (κ2) is 3.01. The lowest BCUT2D eigenvalue weighted by Gasteiger charge is -2.26. The number of hydrogen-bond donors (Lipinski definition) is 3. The minimum Gasteiger partial charge on any atom is -0.493 e. The van der Waals surface area contributed by atoms with Crippen molar-refractivity contribution in [3.63, 3.8) is 0 Å². The molecule has 4 nitrogen and oxygen atoms in total. The van der Waals surface area contributed by atoms with Gasteiger partial charge >= 0.3 is 0 Å². The summed E-state index contributed by atoms with van der Waals surface area (Å²) in [6, 6.07) is 0. The standard InChI is InChI=1S/C6H10O4/c7-3-5-6(9)4(8)1-2-10-5/h1-2,4-9H,3H2/t4-,5+,6-/m1/s1. The van der Waals surface area contributed by atoms with Crippen molar-refractivity contribution in [2.45, 2.75) is 18.3 Å². The molecule has 0 aromatic heterocycles. The highest BCUT2D eigenvalue weighted by atomic mass is 16.5. The Hall–Kier alpha value is -0.580. The second-order valence-corrected chi connectivity index (χ2v) is 2.17. The molecule has 0 aromatic carbocycles. The summed E-state index contributed by atoms with van der Waals surface area (Å²) < 4.78 is 4.77. The van der Waals surface area contributed by atoms with Gasteiger partial charge in [-0.1, -0.05) is 0 Å². The normalized spacial score (nSPS) is 39.3. The summed E-state index contributed by atoms with van der Waals surface area (Å²) in [5.74, 6) is 0. The molecule has 1 heterocycles. The van der Waals surface area contributed by atoms with Crippen LogP contribution in [0.1, 0.15) is 0 Å². The predicted octanol–water partition coefficient (Wildman–Crippen LogP) is -1.39. The Labute approximate surface area is 58.4 Å². The van der Waals surface area contributed by atoms with Crippen LogP contribution in [0.3, 0.4) is 0 Å². The zero-order chi connectivity index (χ0) is 7.56. The predicted molar refractivity (Wildman–Crippen MR) is 33.1 cm³/mol. The van der Waals surface area contributed by atoms with Crippen LogP contribution in [-0.4, -0.2) is 40.2 Å². The maximum atomic E-state index is 9.05. The van der Waals surface area contributed by atoms with Gasteiger partial charge in [0.1, 0.15) is 18.3 Å². The number of ether oxygens (including phenoxy) is 1. The van der Waals surface area contributed by atoms with E-state index in [1.807, 2.05) is 0 Å². The third kappa shape index (κ3) is 1.29. The van der Waals surface area contributed by atoms with Crippen LogP contribution in [0.15, 0.2) is 12.3 Å². The van der Waals surface area contributed by atoms with Gasteiger partial charge in [0.05, 0.1) is 12.9 Å². The van der Waals surface area contributed by atoms with Gasteiger partial charge in [-0.3, -0.25) is 0 Å². The van der Waals surface area contributed by atoms with Gasteiger partial charge in [0.25, 0.3) is 0 Å². The van der Waals surface area contributed by atoms with E-state index in [4.69, 9.17) is 20.1 Å². The highest BCUT2D eigenvalue weighted by Gasteiger charge is 2.27. The number of aliphatic hydroxyl groups is 3. The van der Waals surface area contributed by atoms with Crippen molar-refractivity contribution in [3.05, 3.63) is 12.3 Å². The van der Waals surface area contributed by atoms with Gasteiger partial charge in [-0.25, -0.2) is 0 Å². The van der Waals surface area contributed by atoms with Crippen molar-refractivity contribution in [3.8, 4) is 0 Å². The van der Waals surface area contributed by atoms with Crippen LogP contribution < -0.4 is 0 Å². The Morgan fingerprint density at radius 2 is 2.10 bits per heavy atom. The van der Waals surface area contributed by atoms with Gasteiger partial charge in [-0.15, -0.1) is 0 Å². The first kappa shape index (κ1) is 7.53. The van der Waals surface area contributed by atoms with E-state index in [9.17, 15) is 0 Å². The monoisotopic (exact) mass is 146 g/mol. The lowest BCUT2D eigenvalue weighted by atomic mass is 10.1. The summed E-state index contributed by atoms with van der Waals surface area (Å²) in [5, 5.41) is 26.6. The summed E-state index contributed by atoms with van der Waals surface area (Å²) in [7, 11) is 0. The maximum Gasteiger partial charge on any atom is 0.149 e. The van der Waals surface area contributed by atoms with Gasteiger partial charge in [0.2, 0.25) is 0 Å². The van der Waals surface area contributed by atoms with Gasteiger partial charge in [0, 0.05) is 0 Å². The summed E-state index contributed by atoms with van der Waals surface area (Å²) in [5.41, 5.74) is 0. The van der Waals surface area contributed by atoms with Crippen LogP contribution in [0.4, 0.5) is 0 Å². The molecule has 3 N–H and O–H groups in total. The van der Waals surface area contributed by atoms with E-state index in [-0.39, 0.29) is 6.61 Å². The molecule has 0 saturated carbocycles. The Morgan fingerprint density at radius 3 is 2.60 bits per heavy atom. The van der Waals surface area contributed by atoms with Crippen LogP contribution in [0.5, 0.6) is 0 Å². The SMILES string of the molecule is OC[C@@H]1OC=C[C@@H](O)[C@H]1O. The molecule has 1 aliphatic rings. The fourth-order valence-corrected chi connectivity index (χ4v) is 0.792. The van der Waals surface area contributed by atoms with Crippen molar-refractivity contribution < 1.29 is 20.1 Å². The third-order valence-electron chi connectivity index (χ3n) is 1.44. The largest absolute Gasteiger partial charge is 0.493 e. The molecule has 4 heteroatoms. The molecule has 0 unspecified atom stereocenters. The van der Waals surface area contributed by atoms with Crippen molar-refractivity contribution in [2.75, 3.05) is 6.61 Å². The summed E-state index contributed by atoms with van der Waals surface area (Å²) in [4.78, 5) is 0. The summed E-state index contributed by atoms with van der Waals surface area (Å²) in [6.45, 7) is -0.289. The molecule has 58 valence electrons. The van der Waals surface area contributed by atoms with Gasteiger partial charge in [0.15, 0.2) is 0 Å². The van der Waals surface area contributed by atoms with E-state index in [1.54, 1.807) is 0 Å². The highest BCUT2D eigenvalue weighted by Crippen LogP contribution is 2.10. The molecule has 0 radical (unpaired) electrons. The average molecular weight is 146 g/mol. The third-order valence-corrected chi connectivity index (χ3v) is 1.44. The molecule has 0 bridgehead atoms. The first-order valence-corrected chi connectivity index (χ1v) is 3.05. The zero-order valence-electron chi connectivity index (χ0n) is 5.34. The van der Waals surface area contributed by atoms with Crippen molar-refractivity contribution in [1.29, 1.82) is 0 Å². The summed E-state index contributed by atoms with van der Waals surface area (Å²) >= 11 is 0. The fraction of sp³-hybridized carbons (Fsp3) is 0.667. The second-order valence-electron chi connectivity index (χ2n) is 2.17. The molecule has 1 aliphatic heterocycles. The molecule has 0 amide bonds. The van der Waals surface area contributed by atoms with Crippen molar-refractivity contribution in [1.82, 2.24) is 0 Å². The minimum atomic E-state index is -1.02. The first-order valence-electron chi connectivity index (χ1n) is 3.05. The fourth-order valence-electron chi connectivity index (χ4n) is 0.792. The molecule has 10 heavy (non-hydrogen) atoms. The Kier molecular flexibility index (Phi) is 2.26. The molecule has 0 saturated heterocycles. The molecule has 0 aliphatic carbocycles. The quantitative estimate of drug-likeness (QED) is 0.426. The van der Waals surface area contributed by atoms with E-state index in [2.05, 4.69) is 0 Å². The highest BCUT2D eigenvalue weighted by molar-refractivity contribution is 4.96. The topological polar surface area (TPSA) is 69.9 Å².